The number of hydrogen-bond donors (Lipinski definition) is 2. The number of hydrogen-bond acceptors (Lipinski definition) is 2. The van der Waals surface area contributed by atoms with Crippen LogP contribution in [0.1, 0.15) is 38.9 Å². The van der Waals surface area contributed by atoms with Crippen LogP contribution in [-0.2, 0) is 0 Å². The van der Waals surface area contributed by atoms with Crippen LogP contribution in [0.25, 0.3) is 0 Å². The van der Waals surface area contributed by atoms with Crippen LogP contribution in [0.15, 0.2) is 18.2 Å². The van der Waals surface area contributed by atoms with Crippen molar-refractivity contribution in [1.82, 2.24) is 0 Å². The van der Waals surface area contributed by atoms with E-state index in [0.717, 1.165) is 0 Å². The number of rotatable bonds is 3. The third-order valence-corrected chi connectivity index (χ3v) is 3.25. The van der Waals surface area contributed by atoms with Crippen LogP contribution in [0.5, 0.6) is 0 Å². The minimum Gasteiger partial charge on any atom is -0.388 e. The Hall–Kier alpha value is -0.640. The maximum atomic E-state index is 13.6. The van der Waals surface area contributed by atoms with Gasteiger partial charge < -0.3 is 10.8 Å². The summed E-state index contributed by atoms with van der Waals surface area (Å²) in [5.41, 5.74) is 5.96. The molecule has 0 amide bonds. The first-order valence-electron chi connectivity index (χ1n) is 5.61. The number of aliphatic hydroxyl groups excluding tert-OH is 1. The molecule has 17 heavy (non-hydrogen) atoms. The summed E-state index contributed by atoms with van der Waals surface area (Å²) in [4.78, 5) is 0. The van der Waals surface area contributed by atoms with Crippen molar-refractivity contribution in [2.45, 2.75) is 39.3 Å². The van der Waals surface area contributed by atoms with Gasteiger partial charge in [-0.3, -0.25) is 0 Å². The molecule has 2 nitrogen and oxygen atoms in total. The standard InChI is InChI=1S/C13H19ClFNO/c1-13(2,3)11(16)7-10(17)12-8(14)5-4-6-9(12)15/h4-6,10-11,17H,7,16H2,1-3H3/t10-,11+/m0/s1. The number of aliphatic hydroxyl groups is 1. The summed E-state index contributed by atoms with van der Waals surface area (Å²) >= 11 is 5.88. The highest BCUT2D eigenvalue weighted by Crippen LogP contribution is 2.31. The lowest BCUT2D eigenvalue weighted by molar-refractivity contribution is 0.130. The summed E-state index contributed by atoms with van der Waals surface area (Å²) in [6, 6.07) is 4.13. The molecular formula is C13H19ClFNO. The predicted octanol–water partition coefficient (Wildman–Crippen LogP) is 3.28. The van der Waals surface area contributed by atoms with Gasteiger partial charge in [-0.25, -0.2) is 4.39 Å². The largest absolute Gasteiger partial charge is 0.388 e. The van der Waals surface area contributed by atoms with E-state index in [1.807, 2.05) is 20.8 Å². The normalized spacial score (nSPS) is 15.7. The van der Waals surface area contributed by atoms with Crippen molar-refractivity contribution in [3.63, 3.8) is 0 Å². The fraction of sp³-hybridized carbons (Fsp3) is 0.538. The second-order valence-corrected chi connectivity index (χ2v) is 5.77. The lowest BCUT2D eigenvalue weighted by Crippen LogP contribution is -2.36. The summed E-state index contributed by atoms with van der Waals surface area (Å²) in [5.74, 6) is -0.494. The predicted molar refractivity (Wildman–Crippen MR) is 68.4 cm³/mol. The molecule has 3 N–H and O–H groups in total. The van der Waals surface area contributed by atoms with E-state index in [2.05, 4.69) is 0 Å². The second kappa shape index (κ2) is 5.34. The minimum absolute atomic E-state index is 0.133. The molecule has 4 heteroatoms. The number of nitrogens with two attached hydrogens (primary N) is 1. The Morgan fingerprint density at radius 1 is 1.41 bits per heavy atom. The molecule has 0 saturated carbocycles. The molecular weight excluding hydrogens is 241 g/mol. The molecule has 0 aliphatic carbocycles. The summed E-state index contributed by atoms with van der Waals surface area (Å²) in [6.45, 7) is 5.94. The van der Waals surface area contributed by atoms with Crippen LogP contribution in [0, 0.1) is 11.2 Å². The van der Waals surface area contributed by atoms with Crippen molar-refractivity contribution < 1.29 is 9.50 Å². The Bertz CT molecular complexity index is 369. The van der Waals surface area contributed by atoms with Crippen LogP contribution in [-0.4, -0.2) is 11.1 Å². The number of halogens is 2. The molecule has 1 rings (SSSR count). The highest BCUT2D eigenvalue weighted by molar-refractivity contribution is 6.31. The fourth-order valence-corrected chi connectivity index (χ4v) is 1.83. The maximum absolute atomic E-state index is 13.6. The second-order valence-electron chi connectivity index (χ2n) is 5.36. The quantitative estimate of drug-likeness (QED) is 0.875. The monoisotopic (exact) mass is 259 g/mol. The first-order chi connectivity index (χ1) is 7.73. The minimum atomic E-state index is -0.974. The number of benzene rings is 1. The van der Waals surface area contributed by atoms with E-state index in [9.17, 15) is 9.50 Å². The van der Waals surface area contributed by atoms with Crippen molar-refractivity contribution in [1.29, 1.82) is 0 Å². The Morgan fingerprint density at radius 3 is 2.47 bits per heavy atom. The molecule has 0 aromatic heterocycles. The Morgan fingerprint density at radius 2 is 2.00 bits per heavy atom. The fourth-order valence-electron chi connectivity index (χ4n) is 1.54. The van der Waals surface area contributed by atoms with Gasteiger partial charge in [0, 0.05) is 16.6 Å². The molecule has 0 heterocycles. The van der Waals surface area contributed by atoms with Crippen LogP contribution in [0.2, 0.25) is 5.02 Å². The third-order valence-electron chi connectivity index (χ3n) is 2.92. The van der Waals surface area contributed by atoms with Gasteiger partial charge in [-0.2, -0.15) is 0 Å². The summed E-state index contributed by atoms with van der Waals surface area (Å²) in [7, 11) is 0. The zero-order valence-corrected chi connectivity index (χ0v) is 11.1. The van der Waals surface area contributed by atoms with E-state index in [4.69, 9.17) is 17.3 Å². The maximum Gasteiger partial charge on any atom is 0.130 e. The smallest absolute Gasteiger partial charge is 0.130 e. The van der Waals surface area contributed by atoms with Gasteiger partial charge in [0.05, 0.1) is 6.10 Å². The van der Waals surface area contributed by atoms with E-state index in [-0.39, 0.29) is 28.5 Å². The molecule has 1 aromatic rings. The molecule has 2 atom stereocenters. The lowest BCUT2D eigenvalue weighted by atomic mass is 9.83. The highest BCUT2D eigenvalue weighted by atomic mass is 35.5. The van der Waals surface area contributed by atoms with Crippen LogP contribution < -0.4 is 5.73 Å². The molecule has 0 spiro atoms. The van der Waals surface area contributed by atoms with Crippen molar-refractivity contribution in [2.24, 2.45) is 11.1 Å². The van der Waals surface area contributed by atoms with Gasteiger partial charge in [0.15, 0.2) is 0 Å². The average Bonchev–Trinajstić information content (AvgIpc) is 2.15. The zero-order chi connectivity index (χ0) is 13.2. The van der Waals surface area contributed by atoms with E-state index in [0.29, 0.717) is 0 Å². The molecule has 1 aromatic carbocycles. The van der Waals surface area contributed by atoms with Crippen molar-refractivity contribution in [3.05, 3.63) is 34.6 Å². The van der Waals surface area contributed by atoms with Crippen LogP contribution >= 0.6 is 11.6 Å². The topological polar surface area (TPSA) is 46.2 Å². The van der Waals surface area contributed by atoms with E-state index in [1.54, 1.807) is 6.07 Å². The van der Waals surface area contributed by atoms with E-state index in [1.165, 1.54) is 12.1 Å². The van der Waals surface area contributed by atoms with Gasteiger partial charge in [-0.05, 0) is 24.0 Å². The van der Waals surface area contributed by atoms with E-state index < -0.39 is 11.9 Å². The Kier molecular flexibility index (Phi) is 4.53. The molecule has 0 aliphatic heterocycles. The molecule has 0 unspecified atom stereocenters. The van der Waals surface area contributed by atoms with Gasteiger partial charge in [-0.15, -0.1) is 0 Å². The third kappa shape index (κ3) is 3.66. The average molecular weight is 260 g/mol. The van der Waals surface area contributed by atoms with E-state index >= 15 is 0 Å². The van der Waals surface area contributed by atoms with Crippen molar-refractivity contribution in [3.8, 4) is 0 Å². The van der Waals surface area contributed by atoms with Crippen LogP contribution in [0.4, 0.5) is 4.39 Å². The molecule has 0 aliphatic rings. The summed E-state index contributed by atoms with van der Waals surface area (Å²) in [6.07, 6.45) is -0.692. The van der Waals surface area contributed by atoms with Gasteiger partial charge >= 0.3 is 0 Å². The molecule has 0 radical (unpaired) electrons. The van der Waals surface area contributed by atoms with Crippen molar-refractivity contribution >= 4 is 11.6 Å². The SMILES string of the molecule is CC(C)(C)[C@H](N)C[C@H](O)c1c(F)cccc1Cl. The summed E-state index contributed by atoms with van der Waals surface area (Å²) < 4.78 is 13.6. The first kappa shape index (κ1) is 14.4. The van der Waals surface area contributed by atoms with Gasteiger partial charge in [0.2, 0.25) is 0 Å². The first-order valence-corrected chi connectivity index (χ1v) is 5.99. The van der Waals surface area contributed by atoms with Gasteiger partial charge in [-0.1, -0.05) is 38.4 Å². The lowest BCUT2D eigenvalue weighted by Gasteiger charge is -2.29. The molecule has 0 bridgehead atoms. The Labute approximate surface area is 107 Å². The molecule has 96 valence electrons. The Balaban J connectivity index is 2.87. The van der Waals surface area contributed by atoms with Crippen LogP contribution in [0.3, 0.4) is 0 Å². The highest BCUT2D eigenvalue weighted by Gasteiger charge is 2.26. The zero-order valence-electron chi connectivity index (χ0n) is 10.4. The van der Waals surface area contributed by atoms with Gasteiger partial charge in [0.25, 0.3) is 0 Å². The van der Waals surface area contributed by atoms with Gasteiger partial charge in [0.1, 0.15) is 5.82 Å². The molecule has 0 fully saturated rings. The molecule has 0 saturated heterocycles. The summed E-state index contributed by atoms with van der Waals surface area (Å²) in [5, 5.41) is 10.2. The van der Waals surface area contributed by atoms with Crippen molar-refractivity contribution in [2.75, 3.05) is 0 Å².